The number of nitro groups is 1. The van der Waals surface area contributed by atoms with Gasteiger partial charge in [-0.1, -0.05) is 19.9 Å². The summed E-state index contributed by atoms with van der Waals surface area (Å²) in [6, 6.07) is 4.18. The minimum absolute atomic E-state index is 0.00593. The second-order valence-corrected chi connectivity index (χ2v) is 5.63. The van der Waals surface area contributed by atoms with Crippen molar-refractivity contribution in [2.45, 2.75) is 27.2 Å². The lowest BCUT2D eigenvalue weighted by molar-refractivity contribution is -0.385. The van der Waals surface area contributed by atoms with Gasteiger partial charge in [-0.3, -0.25) is 19.7 Å². The minimum atomic E-state index is -0.969. The zero-order valence-corrected chi connectivity index (χ0v) is 12.8. The first-order chi connectivity index (χ1) is 10.2. The highest BCUT2D eigenvalue weighted by atomic mass is 16.6. The van der Waals surface area contributed by atoms with Crippen molar-refractivity contribution in [3.05, 3.63) is 39.4 Å². The Morgan fingerprint density at radius 2 is 2.00 bits per heavy atom. The van der Waals surface area contributed by atoms with Gasteiger partial charge in [0.05, 0.1) is 10.8 Å². The third-order valence-electron chi connectivity index (χ3n) is 3.28. The highest BCUT2D eigenvalue weighted by Crippen LogP contribution is 2.19. The van der Waals surface area contributed by atoms with Crippen molar-refractivity contribution in [1.82, 2.24) is 5.32 Å². The third kappa shape index (κ3) is 4.83. The number of carboxylic acids is 1. The van der Waals surface area contributed by atoms with E-state index in [9.17, 15) is 19.7 Å². The summed E-state index contributed by atoms with van der Waals surface area (Å²) in [6.45, 7) is 5.39. The van der Waals surface area contributed by atoms with Crippen LogP contribution in [0.4, 0.5) is 5.69 Å². The van der Waals surface area contributed by atoms with Gasteiger partial charge in [0.15, 0.2) is 0 Å². The number of nitro benzene ring substituents is 1. The number of hydrogen-bond donors (Lipinski definition) is 2. The van der Waals surface area contributed by atoms with Crippen molar-refractivity contribution in [1.29, 1.82) is 0 Å². The molecule has 0 heterocycles. The van der Waals surface area contributed by atoms with Gasteiger partial charge in [0.25, 0.3) is 11.6 Å². The summed E-state index contributed by atoms with van der Waals surface area (Å²) in [5.74, 6) is -1.97. The molecule has 1 unspecified atom stereocenters. The first-order valence-corrected chi connectivity index (χ1v) is 6.98. The molecule has 0 radical (unpaired) electrons. The van der Waals surface area contributed by atoms with Crippen LogP contribution in [0.3, 0.4) is 0 Å². The summed E-state index contributed by atoms with van der Waals surface area (Å²) in [5.41, 5.74) is 0.473. The Hall–Kier alpha value is -2.44. The number of rotatable bonds is 7. The van der Waals surface area contributed by atoms with Gasteiger partial charge < -0.3 is 10.4 Å². The summed E-state index contributed by atoms with van der Waals surface area (Å²) in [6.07, 6.45) is 0.448. The number of carbonyl (C=O) groups excluding carboxylic acids is 1. The van der Waals surface area contributed by atoms with Crippen molar-refractivity contribution in [2.24, 2.45) is 11.8 Å². The number of nitrogens with one attached hydrogen (secondary N) is 1. The molecule has 120 valence electrons. The van der Waals surface area contributed by atoms with E-state index in [1.54, 1.807) is 6.92 Å². The average Bonchev–Trinajstić information content (AvgIpc) is 2.42. The molecule has 1 amide bonds. The van der Waals surface area contributed by atoms with E-state index in [1.807, 2.05) is 13.8 Å². The Balaban J connectivity index is 2.78. The number of hydrogen-bond acceptors (Lipinski definition) is 4. The summed E-state index contributed by atoms with van der Waals surface area (Å²) in [5, 5.41) is 22.5. The number of nitrogens with zero attached hydrogens (tertiary/aromatic N) is 1. The number of carboxylic acid groups (broad SMARTS) is 1. The Labute approximate surface area is 128 Å². The van der Waals surface area contributed by atoms with E-state index in [1.165, 1.54) is 18.2 Å². The largest absolute Gasteiger partial charge is 0.481 e. The van der Waals surface area contributed by atoms with Crippen LogP contribution in [-0.2, 0) is 4.79 Å². The Kier molecular flexibility index (Phi) is 6.03. The molecule has 0 aliphatic heterocycles. The lowest BCUT2D eigenvalue weighted by atomic mass is 9.97. The van der Waals surface area contributed by atoms with Crippen LogP contribution >= 0.6 is 0 Å². The summed E-state index contributed by atoms with van der Waals surface area (Å²) in [7, 11) is 0. The van der Waals surface area contributed by atoms with Gasteiger partial charge in [-0.05, 0) is 25.3 Å². The van der Waals surface area contributed by atoms with Crippen LogP contribution in [0.15, 0.2) is 18.2 Å². The first kappa shape index (κ1) is 17.6. The van der Waals surface area contributed by atoms with Gasteiger partial charge in [0.2, 0.25) is 0 Å². The number of amides is 1. The van der Waals surface area contributed by atoms with Crippen LogP contribution < -0.4 is 5.32 Å². The minimum Gasteiger partial charge on any atom is -0.481 e. The molecule has 0 saturated heterocycles. The van der Waals surface area contributed by atoms with Crippen molar-refractivity contribution >= 4 is 17.6 Å². The highest BCUT2D eigenvalue weighted by Gasteiger charge is 2.21. The zero-order chi connectivity index (χ0) is 16.9. The second-order valence-electron chi connectivity index (χ2n) is 5.63. The molecule has 1 aromatic carbocycles. The molecule has 0 saturated carbocycles. The fraction of sp³-hybridized carbons (Fsp3) is 0.467. The molecule has 0 fully saturated rings. The first-order valence-electron chi connectivity index (χ1n) is 6.98. The Morgan fingerprint density at radius 1 is 1.36 bits per heavy atom. The van der Waals surface area contributed by atoms with Gasteiger partial charge in [-0.25, -0.2) is 0 Å². The number of aryl methyl sites for hydroxylation is 1. The SMILES string of the molecule is Cc1ccc(C(=O)NCC(CC(C)C)C(=O)O)cc1[N+](=O)[O-]. The number of carbonyl (C=O) groups is 2. The summed E-state index contributed by atoms with van der Waals surface area (Å²) < 4.78 is 0. The topological polar surface area (TPSA) is 110 Å². The zero-order valence-electron chi connectivity index (χ0n) is 12.8. The van der Waals surface area contributed by atoms with Gasteiger partial charge >= 0.3 is 5.97 Å². The Morgan fingerprint density at radius 3 is 2.50 bits per heavy atom. The van der Waals surface area contributed by atoms with E-state index in [-0.39, 0.29) is 23.7 Å². The van der Waals surface area contributed by atoms with E-state index in [4.69, 9.17) is 5.11 Å². The van der Waals surface area contributed by atoms with Crippen molar-refractivity contribution in [3.63, 3.8) is 0 Å². The van der Waals surface area contributed by atoms with Crippen LogP contribution in [0.2, 0.25) is 0 Å². The fourth-order valence-corrected chi connectivity index (χ4v) is 2.11. The van der Waals surface area contributed by atoms with Crippen molar-refractivity contribution in [2.75, 3.05) is 6.54 Å². The van der Waals surface area contributed by atoms with Crippen LogP contribution in [0.25, 0.3) is 0 Å². The maximum absolute atomic E-state index is 12.0. The molecular formula is C15H20N2O5. The second kappa shape index (κ2) is 7.53. The van der Waals surface area contributed by atoms with Crippen LogP contribution in [-0.4, -0.2) is 28.5 Å². The van der Waals surface area contributed by atoms with E-state index < -0.39 is 22.7 Å². The molecule has 7 heteroatoms. The number of benzene rings is 1. The molecule has 0 aliphatic rings. The van der Waals surface area contributed by atoms with Crippen molar-refractivity contribution in [3.8, 4) is 0 Å². The van der Waals surface area contributed by atoms with Gasteiger partial charge in [-0.15, -0.1) is 0 Å². The molecule has 22 heavy (non-hydrogen) atoms. The molecule has 2 N–H and O–H groups in total. The molecule has 7 nitrogen and oxygen atoms in total. The molecule has 1 atom stereocenters. The normalized spacial score (nSPS) is 12.0. The average molecular weight is 308 g/mol. The van der Waals surface area contributed by atoms with Gasteiger partial charge in [-0.2, -0.15) is 0 Å². The standard InChI is InChI=1S/C15H20N2O5/c1-9(2)6-12(15(19)20)8-16-14(18)11-5-4-10(3)13(7-11)17(21)22/h4-5,7,9,12H,6,8H2,1-3H3,(H,16,18)(H,19,20). The van der Waals surface area contributed by atoms with E-state index >= 15 is 0 Å². The predicted molar refractivity (Wildman–Crippen MR) is 80.7 cm³/mol. The Bertz CT molecular complexity index is 583. The van der Waals surface area contributed by atoms with Gasteiger partial charge in [0.1, 0.15) is 0 Å². The lowest BCUT2D eigenvalue weighted by Crippen LogP contribution is -2.33. The lowest BCUT2D eigenvalue weighted by Gasteiger charge is -2.15. The molecule has 0 spiro atoms. The quantitative estimate of drug-likeness (QED) is 0.593. The van der Waals surface area contributed by atoms with E-state index in [0.717, 1.165) is 0 Å². The highest BCUT2D eigenvalue weighted by molar-refractivity contribution is 5.95. The molecular weight excluding hydrogens is 288 g/mol. The fourth-order valence-electron chi connectivity index (χ4n) is 2.11. The van der Waals surface area contributed by atoms with E-state index in [0.29, 0.717) is 12.0 Å². The molecule has 0 aliphatic carbocycles. The maximum Gasteiger partial charge on any atom is 0.308 e. The van der Waals surface area contributed by atoms with Crippen LogP contribution in [0, 0.1) is 28.9 Å². The van der Waals surface area contributed by atoms with Gasteiger partial charge in [0, 0.05) is 23.7 Å². The molecule has 0 bridgehead atoms. The van der Waals surface area contributed by atoms with Crippen molar-refractivity contribution < 1.29 is 19.6 Å². The van der Waals surface area contributed by atoms with E-state index in [2.05, 4.69) is 5.32 Å². The van der Waals surface area contributed by atoms with Crippen LogP contribution in [0.1, 0.15) is 36.2 Å². The maximum atomic E-state index is 12.0. The third-order valence-corrected chi connectivity index (χ3v) is 3.28. The summed E-state index contributed by atoms with van der Waals surface area (Å²) >= 11 is 0. The molecule has 0 aromatic heterocycles. The molecule has 1 rings (SSSR count). The smallest absolute Gasteiger partial charge is 0.308 e. The number of aliphatic carboxylic acids is 1. The predicted octanol–water partition coefficient (Wildman–Crippen LogP) is 2.38. The summed E-state index contributed by atoms with van der Waals surface area (Å²) in [4.78, 5) is 33.5. The van der Waals surface area contributed by atoms with Crippen LogP contribution in [0.5, 0.6) is 0 Å². The molecule has 1 aromatic rings. The monoisotopic (exact) mass is 308 g/mol.